The summed E-state index contributed by atoms with van der Waals surface area (Å²) in [5.74, 6) is 0.120. The lowest BCUT2D eigenvalue weighted by molar-refractivity contribution is -0.117. The fourth-order valence-corrected chi connectivity index (χ4v) is 2.40. The van der Waals surface area contributed by atoms with Gasteiger partial charge in [-0.1, -0.05) is 38.1 Å². The Morgan fingerprint density at radius 3 is 2.73 bits per heavy atom. The molecule has 1 amide bonds. The van der Waals surface area contributed by atoms with E-state index in [0.717, 1.165) is 25.0 Å². The highest BCUT2D eigenvalue weighted by Gasteiger charge is 2.17. The molecule has 0 aromatic heterocycles. The van der Waals surface area contributed by atoms with Crippen LogP contribution in [0.2, 0.25) is 0 Å². The summed E-state index contributed by atoms with van der Waals surface area (Å²) in [4.78, 5) is 12.1. The third-order valence-corrected chi connectivity index (χ3v) is 3.79. The van der Waals surface area contributed by atoms with Crippen molar-refractivity contribution in [3.63, 3.8) is 0 Å². The molecule has 1 aliphatic heterocycles. The summed E-state index contributed by atoms with van der Waals surface area (Å²) in [5, 5.41) is 12.0. The summed E-state index contributed by atoms with van der Waals surface area (Å²) >= 11 is 0. The van der Waals surface area contributed by atoms with E-state index in [9.17, 15) is 10.1 Å². The first-order valence-corrected chi connectivity index (χ1v) is 7.71. The van der Waals surface area contributed by atoms with Crippen molar-refractivity contribution >= 4 is 12.0 Å². The Labute approximate surface area is 131 Å². The number of hydrogen-bond donors (Lipinski definition) is 1. The number of nitrogens with zero attached hydrogens (tertiary/aromatic N) is 1. The Morgan fingerprint density at radius 1 is 1.45 bits per heavy atom. The second-order valence-electron chi connectivity index (χ2n) is 5.84. The molecule has 1 aromatic carbocycles. The van der Waals surface area contributed by atoms with Crippen molar-refractivity contribution in [2.75, 3.05) is 13.2 Å². The van der Waals surface area contributed by atoms with Gasteiger partial charge in [-0.25, -0.2) is 0 Å². The van der Waals surface area contributed by atoms with Crippen molar-refractivity contribution in [1.82, 2.24) is 5.32 Å². The van der Waals surface area contributed by atoms with Crippen LogP contribution in [0, 0.1) is 11.3 Å². The predicted octanol–water partition coefficient (Wildman–Crippen LogP) is 3.01. The van der Waals surface area contributed by atoms with Crippen molar-refractivity contribution in [1.29, 1.82) is 5.26 Å². The van der Waals surface area contributed by atoms with E-state index in [2.05, 4.69) is 19.2 Å². The first-order valence-electron chi connectivity index (χ1n) is 7.71. The van der Waals surface area contributed by atoms with Crippen LogP contribution < -0.4 is 5.32 Å². The molecule has 1 unspecified atom stereocenters. The van der Waals surface area contributed by atoms with Gasteiger partial charge in [-0.15, -0.1) is 0 Å². The third-order valence-electron chi connectivity index (χ3n) is 3.79. The lowest BCUT2D eigenvalue weighted by Crippen LogP contribution is -2.32. The Morgan fingerprint density at radius 2 is 2.18 bits per heavy atom. The highest BCUT2D eigenvalue weighted by atomic mass is 16.5. The number of carbonyl (C=O) groups is 1. The first kappa shape index (κ1) is 16.3. The van der Waals surface area contributed by atoms with Crippen molar-refractivity contribution in [3.05, 3.63) is 41.0 Å². The zero-order valence-corrected chi connectivity index (χ0v) is 13.1. The predicted molar refractivity (Wildman–Crippen MR) is 86.1 cm³/mol. The molecular formula is C18H22N2O2. The highest BCUT2D eigenvalue weighted by molar-refractivity contribution is 6.01. The van der Waals surface area contributed by atoms with E-state index in [1.165, 1.54) is 5.56 Å². The maximum absolute atomic E-state index is 12.1. The molecule has 0 saturated carbocycles. The van der Waals surface area contributed by atoms with Gasteiger partial charge in [-0.05, 0) is 36.0 Å². The molecule has 1 aromatic rings. The second-order valence-corrected chi connectivity index (χ2v) is 5.84. The van der Waals surface area contributed by atoms with Gasteiger partial charge in [0.1, 0.15) is 11.6 Å². The van der Waals surface area contributed by atoms with Crippen LogP contribution in [0.15, 0.2) is 29.8 Å². The molecule has 1 N–H and O–H groups in total. The van der Waals surface area contributed by atoms with Crippen LogP contribution in [0.25, 0.3) is 6.08 Å². The van der Waals surface area contributed by atoms with E-state index in [-0.39, 0.29) is 17.6 Å². The largest absolute Gasteiger partial charge is 0.376 e. The second kappa shape index (κ2) is 7.77. The van der Waals surface area contributed by atoms with E-state index in [1.807, 2.05) is 30.3 Å². The number of ether oxygens (including phenoxy) is 1. The van der Waals surface area contributed by atoms with Crippen LogP contribution in [0.5, 0.6) is 0 Å². The molecule has 1 aliphatic rings. The molecule has 2 rings (SSSR count). The molecule has 1 fully saturated rings. The molecule has 116 valence electrons. The van der Waals surface area contributed by atoms with Crippen LogP contribution in [-0.2, 0) is 9.53 Å². The minimum Gasteiger partial charge on any atom is -0.376 e. The normalized spacial score (nSPS) is 18.3. The molecule has 0 bridgehead atoms. The maximum atomic E-state index is 12.1. The maximum Gasteiger partial charge on any atom is 0.262 e. The van der Waals surface area contributed by atoms with E-state index >= 15 is 0 Å². The van der Waals surface area contributed by atoms with Crippen LogP contribution in [-0.4, -0.2) is 25.2 Å². The molecule has 1 atom stereocenters. The quantitative estimate of drug-likeness (QED) is 0.671. The molecule has 4 heteroatoms. The highest BCUT2D eigenvalue weighted by Crippen LogP contribution is 2.16. The summed E-state index contributed by atoms with van der Waals surface area (Å²) in [6.07, 6.45) is 3.69. The Kier molecular flexibility index (Phi) is 5.74. The summed E-state index contributed by atoms with van der Waals surface area (Å²) in [6, 6.07) is 9.88. The summed E-state index contributed by atoms with van der Waals surface area (Å²) in [7, 11) is 0. The van der Waals surface area contributed by atoms with Crippen LogP contribution in [0.3, 0.4) is 0 Å². The standard InChI is InChI=1S/C18H22N2O2/c1-13(2)15-7-5-14(6-8-15)10-16(11-19)18(21)20-12-17-4-3-9-22-17/h5-8,10,13,17H,3-4,9,12H2,1-2H3,(H,20,21)/b16-10+. The molecule has 1 heterocycles. The molecular weight excluding hydrogens is 276 g/mol. The van der Waals surface area contributed by atoms with Gasteiger partial charge in [-0.3, -0.25) is 4.79 Å². The van der Waals surface area contributed by atoms with Crippen molar-refractivity contribution in [2.45, 2.75) is 38.7 Å². The van der Waals surface area contributed by atoms with E-state index in [0.29, 0.717) is 12.5 Å². The average Bonchev–Trinajstić information content (AvgIpc) is 3.04. The SMILES string of the molecule is CC(C)c1ccc(/C=C(\C#N)C(=O)NCC2CCCO2)cc1. The van der Waals surface area contributed by atoms with Gasteiger partial charge in [0.05, 0.1) is 6.10 Å². The van der Waals surface area contributed by atoms with Gasteiger partial charge < -0.3 is 10.1 Å². The Balaban J connectivity index is 1.99. The lowest BCUT2D eigenvalue weighted by Gasteiger charge is -2.10. The molecule has 4 nitrogen and oxygen atoms in total. The first-order chi connectivity index (χ1) is 10.6. The van der Waals surface area contributed by atoms with Crippen LogP contribution >= 0.6 is 0 Å². The van der Waals surface area contributed by atoms with Crippen LogP contribution in [0.4, 0.5) is 0 Å². The molecule has 0 radical (unpaired) electrons. The summed E-state index contributed by atoms with van der Waals surface area (Å²) in [5.41, 5.74) is 2.21. The van der Waals surface area contributed by atoms with Crippen molar-refractivity contribution in [3.8, 4) is 6.07 Å². The van der Waals surface area contributed by atoms with Gasteiger partial charge >= 0.3 is 0 Å². The number of benzene rings is 1. The average molecular weight is 298 g/mol. The number of nitrogens with one attached hydrogen (secondary N) is 1. The number of amides is 1. The lowest BCUT2D eigenvalue weighted by atomic mass is 10.0. The van der Waals surface area contributed by atoms with E-state index in [4.69, 9.17) is 4.74 Å². The van der Waals surface area contributed by atoms with Gasteiger partial charge in [-0.2, -0.15) is 5.26 Å². The number of carbonyl (C=O) groups excluding carboxylic acids is 1. The van der Waals surface area contributed by atoms with Crippen LogP contribution in [0.1, 0.15) is 43.7 Å². The summed E-state index contributed by atoms with van der Waals surface area (Å²) in [6.45, 7) is 5.47. The molecule has 0 spiro atoms. The van der Waals surface area contributed by atoms with Gasteiger partial charge in [0.2, 0.25) is 0 Å². The Hall–Kier alpha value is -2.12. The number of hydrogen-bond acceptors (Lipinski definition) is 3. The number of nitriles is 1. The van der Waals surface area contributed by atoms with Gasteiger partial charge in [0.15, 0.2) is 0 Å². The molecule has 0 aliphatic carbocycles. The molecule has 22 heavy (non-hydrogen) atoms. The van der Waals surface area contributed by atoms with Gasteiger partial charge in [0, 0.05) is 13.2 Å². The van der Waals surface area contributed by atoms with Crippen molar-refractivity contribution < 1.29 is 9.53 Å². The minimum absolute atomic E-state index is 0.0780. The smallest absolute Gasteiger partial charge is 0.262 e. The van der Waals surface area contributed by atoms with E-state index < -0.39 is 0 Å². The fraction of sp³-hybridized carbons (Fsp3) is 0.444. The number of rotatable bonds is 5. The zero-order valence-electron chi connectivity index (χ0n) is 13.1. The monoisotopic (exact) mass is 298 g/mol. The minimum atomic E-state index is -0.342. The fourth-order valence-electron chi connectivity index (χ4n) is 2.40. The van der Waals surface area contributed by atoms with Crippen molar-refractivity contribution in [2.24, 2.45) is 0 Å². The van der Waals surface area contributed by atoms with E-state index in [1.54, 1.807) is 6.08 Å². The molecule has 1 saturated heterocycles. The zero-order chi connectivity index (χ0) is 15.9. The Bertz CT molecular complexity index is 576. The van der Waals surface area contributed by atoms with Gasteiger partial charge in [0.25, 0.3) is 5.91 Å². The summed E-state index contributed by atoms with van der Waals surface area (Å²) < 4.78 is 5.45. The topological polar surface area (TPSA) is 62.1 Å². The third kappa shape index (κ3) is 4.44.